The first-order chi connectivity index (χ1) is 8.84. The second-order valence-corrected chi connectivity index (χ2v) is 4.79. The number of para-hydroxylation sites is 1. The minimum absolute atomic E-state index is 0.00634. The van der Waals surface area contributed by atoms with Crippen molar-refractivity contribution in [1.82, 2.24) is 0 Å². The summed E-state index contributed by atoms with van der Waals surface area (Å²) in [6, 6.07) is 7.58. The van der Waals surface area contributed by atoms with Gasteiger partial charge in [-0.25, -0.2) is 0 Å². The largest absolute Gasteiger partial charge is 0.464 e. The molecule has 1 aromatic heterocycles. The fraction of sp³-hybridized carbons (Fsp3) is 0.400. The van der Waals surface area contributed by atoms with Gasteiger partial charge in [-0.3, -0.25) is 4.79 Å². The summed E-state index contributed by atoms with van der Waals surface area (Å²) in [7, 11) is 0. The number of Topliss-reactive ketones (excluding diaryl/α,β-unsaturated/α-hetero) is 1. The first-order valence-corrected chi connectivity index (χ1v) is 6.45. The molecule has 3 rings (SSSR count). The minimum Gasteiger partial charge on any atom is -0.464 e. The minimum atomic E-state index is 0.00634. The Morgan fingerprint density at radius 2 is 2.06 bits per heavy atom. The fourth-order valence-corrected chi connectivity index (χ4v) is 2.52. The molecular weight excluding hydrogens is 228 g/mol. The molecule has 1 saturated carbocycles. The summed E-state index contributed by atoms with van der Waals surface area (Å²) in [5, 5.41) is 0.873. The van der Waals surface area contributed by atoms with Crippen LogP contribution < -0.4 is 0 Å². The molecule has 0 amide bonds. The summed E-state index contributed by atoms with van der Waals surface area (Å²) in [4.78, 5) is 12.1. The highest BCUT2D eigenvalue weighted by molar-refractivity contribution is 6.07. The summed E-state index contributed by atoms with van der Waals surface area (Å²) < 4.78 is 11.0. The summed E-state index contributed by atoms with van der Waals surface area (Å²) in [6.45, 7) is 0.161. The molecule has 0 N–H and O–H groups in total. The molecule has 1 heterocycles. The van der Waals surface area contributed by atoms with Crippen LogP contribution in [0.1, 0.15) is 36.0 Å². The van der Waals surface area contributed by atoms with Crippen molar-refractivity contribution in [3.05, 3.63) is 36.1 Å². The van der Waals surface area contributed by atoms with Crippen LogP contribution in [0.15, 0.2) is 34.9 Å². The third-order valence-electron chi connectivity index (χ3n) is 3.53. The summed E-state index contributed by atoms with van der Waals surface area (Å²) in [5.41, 5.74) is 1.38. The molecule has 3 nitrogen and oxygen atoms in total. The van der Waals surface area contributed by atoms with Crippen LogP contribution >= 0.6 is 0 Å². The van der Waals surface area contributed by atoms with Crippen LogP contribution in [0.5, 0.6) is 0 Å². The number of ether oxygens (including phenoxy) is 1. The van der Waals surface area contributed by atoms with E-state index in [-0.39, 0.29) is 18.5 Å². The van der Waals surface area contributed by atoms with E-state index in [1.54, 1.807) is 0 Å². The average molecular weight is 244 g/mol. The van der Waals surface area contributed by atoms with Gasteiger partial charge in [-0.15, -0.1) is 0 Å². The van der Waals surface area contributed by atoms with E-state index in [1.807, 2.05) is 24.3 Å². The lowest BCUT2D eigenvalue weighted by Crippen LogP contribution is -2.15. The zero-order chi connectivity index (χ0) is 12.4. The van der Waals surface area contributed by atoms with Crippen LogP contribution in [-0.2, 0) is 4.74 Å². The molecule has 0 unspecified atom stereocenters. The number of hydrogen-bond donors (Lipinski definition) is 0. The second kappa shape index (κ2) is 4.94. The fourth-order valence-electron chi connectivity index (χ4n) is 2.52. The van der Waals surface area contributed by atoms with Crippen molar-refractivity contribution < 1.29 is 13.9 Å². The maximum Gasteiger partial charge on any atom is 0.192 e. The highest BCUT2D eigenvalue weighted by Crippen LogP contribution is 2.23. The molecule has 94 valence electrons. The van der Waals surface area contributed by atoms with E-state index in [9.17, 15) is 4.79 Å². The number of fused-ring (bicyclic) bond motifs is 1. The van der Waals surface area contributed by atoms with E-state index in [4.69, 9.17) is 9.15 Å². The van der Waals surface area contributed by atoms with E-state index in [0.717, 1.165) is 23.8 Å². The highest BCUT2D eigenvalue weighted by atomic mass is 16.5. The van der Waals surface area contributed by atoms with E-state index < -0.39 is 0 Å². The van der Waals surface area contributed by atoms with E-state index >= 15 is 0 Å². The third kappa shape index (κ3) is 2.18. The Hall–Kier alpha value is -1.61. The van der Waals surface area contributed by atoms with E-state index in [0.29, 0.717) is 5.56 Å². The number of furan rings is 1. The summed E-state index contributed by atoms with van der Waals surface area (Å²) in [6.07, 6.45) is 6.40. The lowest BCUT2D eigenvalue weighted by atomic mass is 10.1. The van der Waals surface area contributed by atoms with Crippen molar-refractivity contribution in [2.75, 3.05) is 6.61 Å². The molecule has 2 aromatic rings. The van der Waals surface area contributed by atoms with E-state index in [1.165, 1.54) is 19.1 Å². The molecule has 1 fully saturated rings. The Kier molecular flexibility index (Phi) is 3.15. The quantitative estimate of drug-likeness (QED) is 0.772. The maximum absolute atomic E-state index is 12.1. The van der Waals surface area contributed by atoms with Crippen LogP contribution in [0.4, 0.5) is 0 Å². The molecule has 0 atom stereocenters. The van der Waals surface area contributed by atoms with Gasteiger partial charge in [-0.2, -0.15) is 0 Å². The standard InChI is InChI=1S/C15H16O3/c16-14(10-17-11-5-1-2-6-11)13-9-18-15-8-4-3-7-12(13)15/h3-4,7-9,11H,1-2,5-6,10H2. The lowest BCUT2D eigenvalue weighted by molar-refractivity contribution is 0.0483. The van der Waals surface area contributed by atoms with Crippen molar-refractivity contribution in [3.8, 4) is 0 Å². The smallest absolute Gasteiger partial charge is 0.192 e. The van der Waals surface area contributed by atoms with E-state index in [2.05, 4.69) is 0 Å². The third-order valence-corrected chi connectivity index (χ3v) is 3.53. The van der Waals surface area contributed by atoms with Crippen LogP contribution in [0.3, 0.4) is 0 Å². The molecule has 0 radical (unpaired) electrons. The topological polar surface area (TPSA) is 39.4 Å². The highest BCUT2D eigenvalue weighted by Gasteiger charge is 2.19. The number of ketones is 1. The molecule has 18 heavy (non-hydrogen) atoms. The average Bonchev–Trinajstić information content (AvgIpc) is 3.05. The van der Waals surface area contributed by atoms with Crippen LogP contribution in [0.2, 0.25) is 0 Å². The lowest BCUT2D eigenvalue weighted by Gasteiger charge is -2.09. The molecule has 1 aromatic carbocycles. The first kappa shape index (κ1) is 11.5. The molecule has 0 aliphatic heterocycles. The zero-order valence-electron chi connectivity index (χ0n) is 10.2. The first-order valence-electron chi connectivity index (χ1n) is 6.45. The van der Waals surface area contributed by atoms with Crippen molar-refractivity contribution in [2.24, 2.45) is 0 Å². The van der Waals surface area contributed by atoms with Crippen molar-refractivity contribution in [3.63, 3.8) is 0 Å². The van der Waals surface area contributed by atoms with Gasteiger partial charge in [0.2, 0.25) is 0 Å². The van der Waals surface area contributed by atoms with Gasteiger partial charge in [0.05, 0.1) is 11.7 Å². The molecule has 1 aliphatic rings. The van der Waals surface area contributed by atoms with Gasteiger partial charge in [0, 0.05) is 5.39 Å². The Morgan fingerprint density at radius 3 is 2.89 bits per heavy atom. The monoisotopic (exact) mass is 244 g/mol. The summed E-state index contributed by atoms with van der Waals surface area (Å²) in [5.74, 6) is 0.00634. The number of carbonyl (C=O) groups is 1. The summed E-state index contributed by atoms with van der Waals surface area (Å²) >= 11 is 0. The van der Waals surface area contributed by atoms with Crippen molar-refractivity contribution in [1.29, 1.82) is 0 Å². The maximum atomic E-state index is 12.1. The predicted octanol–water partition coefficient (Wildman–Crippen LogP) is 3.57. The SMILES string of the molecule is O=C(COC1CCCC1)c1coc2ccccc12. The van der Waals surface area contributed by atoms with Gasteiger partial charge in [-0.05, 0) is 18.9 Å². The molecular formula is C15H16O3. The number of carbonyl (C=O) groups excluding carboxylic acids is 1. The van der Waals surface area contributed by atoms with Gasteiger partial charge < -0.3 is 9.15 Å². The Morgan fingerprint density at radius 1 is 1.28 bits per heavy atom. The Labute approximate surface area is 106 Å². The zero-order valence-corrected chi connectivity index (χ0v) is 10.2. The Bertz CT molecular complexity index is 550. The molecule has 1 aliphatic carbocycles. The van der Waals surface area contributed by atoms with Crippen LogP contribution in [-0.4, -0.2) is 18.5 Å². The molecule has 3 heteroatoms. The van der Waals surface area contributed by atoms with Crippen molar-refractivity contribution >= 4 is 16.8 Å². The number of rotatable bonds is 4. The van der Waals surface area contributed by atoms with Gasteiger partial charge in [0.1, 0.15) is 18.5 Å². The Balaban J connectivity index is 1.71. The molecule has 0 bridgehead atoms. The van der Waals surface area contributed by atoms with Gasteiger partial charge in [0.25, 0.3) is 0 Å². The van der Waals surface area contributed by atoms with Gasteiger partial charge in [-0.1, -0.05) is 31.0 Å². The van der Waals surface area contributed by atoms with Crippen LogP contribution in [0.25, 0.3) is 11.0 Å². The predicted molar refractivity (Wildman–Crippen MR) is 68.8 cm³/mol. The van der Waals surface area contributed by atoms with Gasteiger partial charge in [0.15, 0.2) is 5.78 Å². The van der Waals surface area contributed by atoms with Gasteiger partial charge >= 0.3 is 0 Å². The van der Waals surface area contributed by atoms with Crippen LogP contribution in [0, 0.1) is 0 Å². The molecule has 0 saturated heterocycles. The second-order valence-electron chi connectivity index (χ2n) is 4.79. The number of hydrogen-bond acceptors (Lipinski definition) is 3. The van der Waals surface area contributed by atoms with Crippen molar-refractivity contribution in [2.45, 2.75) is 31.8 Å². The molecule has 0 spiro atoms. The number of benzene rings is 1. The normalized spacial score (nSPS) is 16.4.